The molecule has 4 rings (SSSR count). The van der Waals surface area contributed by atoms with Gasteiger partial charge in [0, 0.05) is 30.0 Å². The summed E-state index contributed by atoms with van der Waals surface area (Å²) in [6, 6.07) is 16.1. The first-order valence-corrected chi connectivity index (χ1v) is 8.85. The van der Waals surface area contributed by atoms with Crippen molar-refractivity contribution in [2.24, 2.45) is 0 Å². The zero-order chi connectivity index (χ0) is 18.8. The van der Waals surface area contributed by atoms with Crippen molar-refractivity contribution in [2.75, 3.05) is 10.2 Å². The van der Waals surface area contributed by atoms with E-state index in [4.69, 9.17) is 0 Å². The summed E-state index contributed by atoms with van der Waals surface area (Å²) in [7, 11) is 0. The topological polar surface area (TPSA) is 58.1 Å². The second kappa shape index (κ2) is 7.15. The zero-order valence-corrected chi connectivity index (χ0v) is 14.9. The van der Waals surface area contributed by atoms with Crippen LogP contribution in [0.15, 0.2) is 60.8 Å². The Bertz CT molecular complexity index is 991. The standard InChI is InChI=1S/C21H19FN4O/c1-14-12-15-6-3-5-9-19(15)26(14)20(27)18-10-11-23-21(25-18)24-13-16-7-2-4-8-17(16)22/h2-11,14H,12-13H2,1H3,(H,23,24,25). The van der Waals surface area contributed by atoms with Crippen LogP contribution in [0.25, 0.3) is 0 Å². The van der Waals surface area contributed by atoms with Crippen LogP contribution in [0, 0.1) is 5.82 Å². The predicted molar refractivity (Wildman–Crippen MR) is 102 cm³/mol. The third-order valence-electron chi connectivity index (χ3n) is 4.70. The van der Waals surface area contributed by atoms with Gasteiger partial charge in [0.25, 0.3) is 5.91 Å². The Labute approximate surface area is 156 Å². The summed E-state index contributed by atoms with van der Waals surface area (Å²) in [6.45, 7) is 2.27. The molecule has 2 heterocycles. The average Bonchev–Trinajstić information content (AvgIpc) is 3.02. The number of anilines is 2. The van der Waals surface area contributed by atoms with Crippen molar-refractivity contribution in [3.8, 4) is 0 Å². The van der Waals surface area contributed by atoms with Gasteiger partial charge < -0.3 is 10.2 Å². The van der Waals surface area contributed by atoms with Crippen LogP contribution in [0.5, 0.6) is 0 Å². The first kappa shape index (κ1) is 17.1. The van der Waals surface area contributed by atoms with Crippen molar-refractivity contribution in [3.05, 3.63) is 83.4 Å². The molecule has 0 spiro atoms. The van der Waals surface area contributed by atoms with Gasteiger partial charge in [0.05, 0.1) is 0 Å². The Morgan fingerprint density at radius 3 is 2.81 bits per heavy atom. The van der Waals surface area contributed by atoms with E-state index in [1.807, 2.05) is 31.2 Å². The van der Waals surface area contributed by atoms with Crippen molar-refractivity contribution in [2.45, 2.75) is 25.9 Å². The smallest absolute Gasteiger partial charge is 0.277 e. The van der Waals surface area contributed by atoms with Crippen molar-refractivity contribution in [3.63, 3.8) is 0 Å². The first-order valence-electron chi connectivity index (χ1n) is 8.85. The molecule has 5 nitrogen and oxygen atoms in total. The van der Waals surface area contributed by atoms with Crippen LogP contribution in [0.1, 0.15) is 28.5 Å². The Morgan fingerprint density at radius 1 is 1.19 bits per heavy atom. The maximum atomic E-state index is 13.7. The summed E-state index contributed by atoms with van der Waals surface area (Å²) >= 11 is 0. The fourth-order valence-electron chi connectivity index (χ4n) is 3.38. The highest BCUT2D eigenvalue weighted by molar-refractivity contribution is 6.06. The van der Waals surface area contributed by atoms with Crippen LogP contribution < -0.4 is 10.2 Å². The van der Waals surface area contributed by atoms with E-state index in [-0.39, 0.29) is 24.3 Å². The van der Waals surface area contributed by atoms with Crippen LogP contribution in [-0.2, 0) is 13.0 Å². The molecule has 0 radical (unpaired) electrons. The molecule has 0 bridgehead atoms. The number of amides is 1. The molecular weight excluding hydrogens is 343 g/mol. The molecule has 1 unspecified atom stereocenters. The molecule has 1 amide bonds. The zero-order valence-electron chi connectivity index (χ0n) is 14.9. The first-order chi connectivity index (χ1) is 13.1. The van der Waals surface area contributed by atoms with Gasteiger partial charge in [0.2, 0.25) is 5.95 Å². The number of rotatable bonds is 4. The maximum absolute atomic E-state index is 13.7. The summed E-state index contributed by atoms with van der Waals surface area (Å²) in [6.07, 6.45) is 2.36. The molecule has 0 aliphatic carbocycles. The average molecular weight is 362 g/mol. The number of fused-ring (bicyclic) bond motifs is 1. The van der Waals surface area contributed by atoms with Crippen LogP contribution in [0.2, 0.25) is 0 Å². The molecule has 0 fully saturated rings. The Morgan fingerprint density at radius 2 is 1.96 bits per heavy atom. The number of halogens is 1. The summed E-state index contributed by atoms with van der Waals surface area (Å²) in [5.41, 5.74) is 2.91. The van der Waals surface area contributed by atoms with E-state index in [2.05, 4.69) is 15.3 Å². The number of nitrogens with zero attached hydrogens (tertiary/aromatic N) is 3. The molecule has 0 saturated carbocycles. The van der Waals surface area contributed by atoms with Crippen molar-refractivity contribution >= 4 is 17.5 Å². The number of hydrogen-bond donors (Lipinski definition) is 1. The lowest BCUT2D eigenvalue weighted by molar-refractivity contribution is 0.0976. The second-order valence-corrected chi connectivity index (χ2v) is 6.57. The summed E-state index contributed by atoms with van der Waals surface area (Å²) in [4.78, 5) is 23.3. The minimum atomic E-state index is -0.292. The molecule has 1 aromatic heterocycles. The molecule has 1 aliphatic rings. The SMILES string of the molecule is CC1Cc2ccccc2N1C(=O)c1ccnc(NCc2ccccc2F)n1. The van der Waals surface area contributed by atoms with Gasteiger partial charge in [-0.05, 0) is 37.1 Å². The predicted octanol–water partition coefficient (Wildman–Crippen LogP) is 3.82. The van der Waals surface area contributed by atoms with E-state index in [9.17, 15) is 9.18 Å². The Kier molecular flexibility index (Phi) is 4.54. The third-order valence-corrected chi connectivity index (χ3v) is 4.70. The van der Waals surface area contributed by atoms with Crippen LogP contribution in [0.4, 0.5) is 16.0 Å². The highest BCUT2D eigenvalue weighted by atomic mass is 19.1. The highest BCUT2D eigenvalue weighted by Crippen LogP contribution is 2.32. The number of aromatic nitrogens is 2. The van der Waals surface area contributed by atoms with Crippen LogP contribution in [-0.4, -0.2) is 21.9 Å². The largest absolute Gasteiger partial charge is 0.350 e. The molecule has 6 heteroatoms. The fraction of sp³-hybridized carbons (Fsp3) is 0.190. The van der Waals surface area contributed by atoms with E-state index in [0.717, 1.165) is 17.7 Å². The normalized spacial score (nSPS) is 15.5. The van der Waals surface area contributed by atoms with E-state index in [1.165, 1.54) is 12.3 Å². The monoisotopic (exact) mass is 362 g/mol. The maximum Gasteiger partial charge on any atom is 0.277 e. The molecule has 136 valence electrons. The summed E-state index contributed by atoms with van der Waals surface area (Å²) < 4.78 is 13.7. The highest BCUT2D eigenvalue weighted by Gasteiger charge is 2.31. The lowest BCUT2D eigenvalue weighted by atomic mass is 10.1. The van der Waals surface area contributed by atoms with Crippen molar-refractivity contribution in [1.29, 1.82) is 0 Å². The van der Waals surface area contributed by atoms with Crippen LogP contribution in [0.3, 0.4) is 0 Å². The molecule has 2 aromatic carbocycles. The van der Waals surface area contributed by atoms with Gasteiger partial charge in [-0.3, -0.25) is 4.79 Å². The summed E-state index contributed by atoms with van der Waals surface area (Å²) in [5, 5.41) is 2.99. The van der Waals surface area contributed by atoms with E-state index < -0.39 is 0 Å². The van der Waals surface area contributed by atoms with Gasteiger partial charge in [-0.1, -0.05) is 36.4 Å². The Balaban J connectivity index is 1.54. The lowest BCUT2D eigenvalue weighted by Crippen LogP contribution is -2.36. The molecule has 1 aliphatic heterocycles. The number of hydrogen-bond acceptors (Lipinski definition) is 4. The second-order valence-electron chi connectivity index (χ2n) is 6.57. The number of benzene rings is 2. The number of para-hydroxylation sites is 1. The van der Waals surface area contributed by atoms with Gasteiger partial charge in [-0.2, -0.15) is 0 Å². The van der Waals surface area contributed by atoms with Gasteiger partial charge in [0.15, 0.2) is 0 Å². The molecule has 0 saturated heterocycles. The molecule has 1 N–H and O–H groups in total. The molecular formula is C21H19FN4O. The van der Waals surface area contributed by atoms with Gasteiger partial charge >= 0.3 is 0 Å². The fourth-order valence-corrected chi connectivity index (χ4v) is 3.38. The summed E-state index contributed by atoms with van der Waals surface area (Å²) in [5.74, 6) is -0.159. The minimum Gasteiger partial charge on any atom is -0.350 e. The number of carbonyl (C=O) groups is 1. The van der Waals surface area contributed by atoms with Crippen molar-refractivity contribution < 1.29 is 9.18 Å². The molecule has 27 heavy (non-hydrogen) atoms. The quantitative estimate of drug-likeness (QED) is 0.767. The third kappa shape index (κ3) is 3.38. The molecule has 1 atom stereocenters. The number of nitrogens with one attached hydrogen (secondary N) is 1. The van der Waals surface area contributed by atoms with Crippen molar-refractivity contribution in [1.82, 2.24) is 9.97 Å². The van der Waals surface area contributed by atoms with Crippen LogP contribution >= 0.6 is 0 Å². The van der Waals surface area contributed by atoms with E-state index >= 15 is 0 Å². The van der Waals surface area contributed by atoms with Gasteiger partial charge in [0.1, 0.15) is 11.5 Å². The number of carbonyl (C=O) groups excluding carboxylic acids is 1. The minimum absolute atomic E-state index is 0.0692. The van der Waals surface area contributed by atoms with Gasteiger partial charge in [-0.25, -0.2) is 14.4 Å². The molecule has 3 aromatic rings. The van der Waals surface area contributed by atoms with Gasteiger partial charge in [-0.15, -0.1) is 0 Å². The lowest BCUT2D eigenvalue weighted by Gasteiger charge is -2.22. The Hall–Kier alpha value is -3.28. The van der Waals surface area contributed by atoms with E-state index in [0.29, 0.717) is 17.2 Å². The van der Waals surface area contributed by atoms with E-state index in [1.54, 1.807) is 29.2 Å².